The van der Waals surface area contributed by atoms with Gasteiger partial charge in [-0.2, -0.15) is 0 Å². The molecule has 3 heterocycles. The third-order valence-corrected chi connectivity index (χ3v) is 5.40. The minimum atomic E-state index is -0.00696. The number of benzene rings is 1. The van der Waals surface area contributed by atoms with Crippen molar-refractivity contribution < 1.29 is 4.79 Å². The summed E-state index contributed by atoms with van der Waals surface area (Å²) in [6.45, 7) is 6.47. The van der Waals surface area contributed by atoms with Crippen molar-refractivity contribution >= 4 is 17.4 Å². The quantitative estimate of drug-likeness (QED) is 0.905. The van der Waals surface area contributed by atoms with Gasteiger partial charge in [-0.1, -0.05) is 0 Å². The molecule has 1 aromatic heterocycles. The predicted molar refractivity (Wildman–Crippen MR) is 108 cm³/mol. The third kappa shape index (κ3) is 4.57. The number of nitrogens with zero attached hydrogens (tertiary/aromatic N) is 4. The maximum absolute atomic E-state index is 12.6. The highest BCUT2D eigenvalue weighted by molar-refractivity contribution is 5.89. The standard InChI is InChI=1S/C21H27N5O/c27-21(23-19-3-5-20(6-4-19)25-11-1-2-12-25)26-15-13-24(14-16-26)17-18-7-9-22-10-8-18/h3-10H,1-2,11-17H2,(H,23,27). The second kappa shape index (κ2) is 8.39. The van der Waals surface area contributed by atoms with Gasteiger partial charge in [-0.3, -0.25) is 9.88 Å². The highest BCUT2D eigenvalue weighted by Gasteiger charge is 2.21. The van der Waals surface area contributed by atoms with Crippen LogP contribution in [-0.4, -0.2) is 60.1 Å². The maximum Gasteiger partial charge on any atom is 0.321 e. The smallest absolute Gasteiger partial charge is 0.321 e. The molecule has 0 radical (unpaired) electrons. The first kappa shape index (κ1) is 17.8. The Bertz CT molecular complexity index is 735. The molecule has 0 spiro atoms. The van der Waals surface area contributed by atoms with Gasteiger partial charge in [0.2, 0.25) is 0 Å². The monoisotopic (exact) mass is 365 g/mol. The summed E-state index contributed by atoms with van der Waals surface area (Å²) >= 11 is 0. The van der Waals surface area contributed by atoms with Crippen LogP contribution in [0.4, 0.5) is 16.2 Å². The molecule has 0 unspecified atom stereocenters. The lowest BCUT2D eigenvalue weighted by atomic mass is 10.2. The fourth-order valence-corrected chi connectivity index (χ4v) is 3.79. The Morgan fingerprint density at radius 3 is 2.22 bits per heavy atom. The zero-order valence-electron chi connectivity index (χ0n) is 15.7. The summed E-state index contributed by atoms with van der Waals surface area (Å²) in [6.07, 6.45) is 6.19. The van der Waals surface area contributed by atoms with Gasteiger partial charge < -0.3 is 15.1 Å². The van der Waals surface area contributed by atoms with Gasteiger partial charge in [0.25, 0.3) is 0 Å². The lowest BCUT2D eigenvalue weighted by Gasteiger charge is -2.34. The maximum atomic E-state index is 12.6. The Kier molecular flexibility index (Phi) is 5.53. The summed E-state index contributed by atoms with van der Waals surface area (Å²) < 4.78 is 0. The van der Waals surface area contributed by atoms with E-state index in [1.54, 1.807) is 0 Å². The van der Waals surface area contributed by atoms with Crippen LogP contribution in [-0.2, 0) is 6.54 Å². The number of aromatic nitrogens is 1. The molecular weight excluding hydrogens is 338 g/mol. The number of carbonyl (C=O) groups is 1. The van der Waals surface area contributed by atoms with Gasteiger partial charge >= 0.3 is 6.03 Å². The number of hydrogen-bond acceptors (Lipinski definition) is 4. The van der Waals surface area contributed by atoms with Crippen molar-refractivity contribution in [2.24, 2.45) is 0 Å². The van der Waals surface area contributed by atoms with Crippen molar-refractivity contribution in [1.29, 1.82) is 0 Å². The van der Waals surface area contributed by atoms with E-state index in [9.17, 15) is 4.79 Å². The lowest BCUT2D eigenvalue weighted by molar-refractivity contribution is 0.143. The molecule has 0 aliphatic carbocycles. The molecule has 2 aromatic rings. The molecule has 6 nitrogen and oxygen atoms in total. The van der Waals surface area contributed by atoms with E-state index in [4.69, 9.17) is 0 Å². The number of hydrogen-bond donors (Lipinski definition) is 1. The van der Waals surface area contributed by atoms with E-state index in [1.165, 1.54) is 24.1 Å². The Balaban J connectivity index is 1.25. The van der Waals surface area contributed by atoms with Crippen molar-refractivity contribution in [3.63, 3.8) is 0 Å². The average molecular weight is 365 g/mol. The van der Waals surface area contributed by atoms with Crippen LogP contribution >= 0.6 is 0 Å². The van der Waals surface area contributed by atoms with Gasteiger partial charge in [0, 0.05) is 69.6 Å². The number of piperazine rings is 1. The van der Waals surface area contributed by atoms with E-state index >= 15 is 0 Å². The van der Waals surface area contributed by atoms with Crippen LogP contribution in [0, 0.1) is 0 Å². The molecule has 27 heavy (non-hydrogen) atoms. The van der Waals surface area contributed by atoms with Gasteiger partial charge in [0.15, 0.2) is 0 Å². The Hall–Kier alpha value is -2.60. The molecule has 1 N–H and O–H groups in total. The van der Waals surface area contributed by atoms with Crippen molar-refractivity contribution in [2.75, 3.05) is 49.5 Å². The molecule has 6 heteroatoms. The fraction of sp³-hybridized carbons (Fsp3) is 0.429. The Morgan fingerprint density at radius 2 is 1.56 bits per heavy atom. The normalized spacial score (nSPS) is 17.9. The van der Waals surface area contributed by atoms with Gasteiger partial charge in [0.05, 0.1) is 0 Å². The van der Waals surface area contributed by atoms with E-state index in [0.717, 1.165) is 51.5 Å². The molecule has 2 aliphatic rings. The number of urea groups is 1. The first-order chi connectivity index (χ1) is 13.3. The topological polar surface area (TPSA) is 51.7 Å². The molecule has 2 amide bonds. The minimum Gasteiger partial charge on any atom is -0.372 e. The van der Waals surface area contributed by atoms with Gasteiger partial charge in [-0.25, -0.2) is 4.79 Å². The zero-order valence-corrected chi connectivity index (χ0v) is 15.7. The second-order valence-corrected chi connectivity index (χ2v) is 7.29. The Labute approximate surface area is 160 Å². The van der Waals surface area contributed by atoms with E-state index in [-0.39, 0.29) is 6.03 Å². The van der Waals surface area contributed by atoms with Crippen molar-refractivity contribution in [3.8, 4) is 0 Å². The molecule has 0 atom stereocenters. The van der Waals surface area contributed by atoms with E-state index in [2.05, 4.69) is 32.2 Å². The highest BCUT2D eigenvalue weighted by Crippen LogP contribution is 2.22. The highest BCUT2D eigenvalue weighted by atomic mass is 16.2. The third-order valence-electron chi connectivity index (χ3n) is 5.40. The van der Waals surface area contributed by atoms with Crippen molar-refractivity contribution in [3.05, 3.63) is 54.4 Å². The van der Waals surface area contributed by atoms with Crippen LogP contribution in [0.1, 0.15) is 18.4 Å². The van der Waals surface area contributed by atoms with Crippen LogP contribution in [0.25, 0.3) is 0 Å². The average Bonchev–Trinajstić information content (AvgIpc) is 3.25. The molecule has 142 valence electrons. The molecule has 0 saturated carbocycles. The molecule has 0 bridgehead atoms. The largest absolute Gasteiger partial charge is 0.372 e. The number of amides is 2. The number of carbonyl (C=O) groups excluding carboxylic acids is 1. The molecular formula is C21H27N5O. The predicted octanol–water partition coefficient (Wildman–Crippen LogP) is 3.03. The summed E-state index contributed by atoms with van der Waals surface area (Å²) in [5.74, 6) is 0. The van der Waals surface area contributed by atoms with Crippen LogP contribution in [0.5, 0.6) is 0 Å². The molecule has 2 fully saturated rings. The summed E-state index contributed by atoms with van der Waals surface area (Å²) in [6, 6.07) is 12.3. The van der Waals surface area contributed by atoms with Gasteiger partial charge in [0.1, 0.15) is 0 Å². The van der Waals surface area contributed by atoms with Gasteiger partial charge in [-0.15, -0.1) is 0 Å². The number of nitrogens with one attached hydrogen (secondary N) is 1. The van der Waals surface area contributed by atoms with Crippen LogP contribution < -0.4 is 10.2 Å². The first-order valence-corrected chi connectivity index (χ1v) is 9.80. The fourth-order valence-electron chi connectivity index (χ4n) is 3.79. The number of rotatable bonds is 4. The number of pyridine rings is 1. The van der Waals surface area contributed by atoms with Gasteiger partial charge in [-0.05, 0) is 54.8 Å². The summed E-state index contributed by atoms with van der Waals surface area (Å²) in [7, 11) is 0. The van der Waals surface area contributed by atoms with E-state index < -0.39 is 0 Å². The van der Waals surface area contributed by atoms with E-state index in [0.29, 0.717) is 0 Å². The van der Waals surface area contributed by atoms with Crippen LogP contribution in [0.15, 0.2) is 48.8 Å². The summed E-state index contributed by atoms with van der Waals surface area (Å²) in [4.78, 5) is 23.3. The minimum absolute atomic E-state index is 0.00696. The molecule has 2 aliphatic heterocycles. The molecule has 4 rings (SSSR count). The second-order valence-electron chi connectivity index (χ2n) is 7.29. The lowest BCUT2D eigenvalue weighted by Crippen LogP contribution is -2.49. The van der Waals surface area contributed by atoms with Crippen molar-refractivity contribution in [1.82, 2.24) is 14.8 Å². The molecule has 2 saturated heterocycles. The summed E-state index contributed by atoms with van der Waals surface area (Å²) in [5, 5.41) is 3.04. The first-order valence-electron chi connectivity index (χ1n) is 9.80. The molecule has 1 aromatic carbocycles. The number of anilines is 2. The van der Waals surface area contributed by atoms with Crippen LogP contribution in [0.2, 0.25) is 0 Å². The van der Waals surface area contributed by atoms with Crippen LogP contribution in [0.3, 0.4) is 0 Å². The Morgan fingerprint density at radius 1 is 0.889 bits per heavy atom. The van der Waals surface area contributed by atoms with E-state index in [1.807, 2.05) is 41.6 Å². The SMILES string of the molecule is O=C(Nc1ccc(N2CCCC2)cc1)N1CCN(Cc2ccncc2)CC1. The van der Waals surface area contributed by atoms with Crippen molar-refractivity contribution in [2.45, 2.75) is 19.4 Å². The summed E-state index contributed by atoms with van der Waals surface area (Å²) in [5.41, 5.74) is 3.37. The zero-order chi connectivity index (χ0) is 18.5.